The number of allylic oxidation sites excluding steroid dienone is 1. The van der Waals surface area contributed by atoms with E-state index >= 15 is 0 Å². The zero-order valence-corrected chi connectivity index (χ0v) is 21.0. The number of nitrogens with zero attached hydrogens (tertiary/aromatic N) is 1. The van der Waals surface area contributed by atoms with Gasteiger partial charge in [0.2, 0.25) is 5.78 Å². The van der Waals surface area contributed by atoms with E-state index in [0.717, 1.165) is 6.42 Å². The van der Waals surface area contributed by atoms with Crippen molar-refractivity contribution >= 4 is 11.6 Å². The van der Waals surface area contributed by atoms with Gasteiger partial charge in [-0.3, -0.25) is 14.5 Å². The van der Waals surface area contributed by atoms with Crippen LogP contribution in [-0.2, 0) is 14.3 Å². The zero-order valence-electron chi connectivity index (χ0n) is 21.0. The smallest absolute Gasteiger partial charge is 0.200 e. The van der Waals surface area contributed by atoms with Gasteiger partial charge in [-0.05, 0) is 56.3 Å². The van der Waals surface area contributed by atoms with Gasteiger partial charge >= 0.3 is 0 Å². The van der Waals surface area contributed by atoms with Crippen molar-refractivity contribution in [1.82, 2.24) is 4.90 Å². The minimum absolute atomic E-state index is 0.118. The van der Waals surface area contributed by atoms with Crippen molar-refractivity contribution in [2.75, 3.05) is 26.3 Å². The van der Waals surface area contributed by atoms with E-state index in [1.165, 1.54) is 0 Å². The molecule has 1 saturated heterocycles. The Balaban J connectivity index is 1.36. The van der Waals surface area contributed by atoms with Crippen LogP contribution in [0.5, 0.6) is 0 Å². The molecule has 0 aromatic rings. The highest BCUT2D eigenvalue weighted by molar-refractivity contribution is 6.05. The van der Waals surface area contributed by atoms with E-state index in [0.29, 0.717) is 52.0 Å². The third-order valence-corrected chi connectivity index (χ3v) is 9.97. The molecule has 3 saturated carbocycles. The molecule has 4 aliphatic carbocycles. The molecule has 8 unspecified atom stereocenters. The number of carbonyl (C=O) groups excluding carboxylic acids is 2. The largest absolute Gasteiger partial charge is 0.512 e. The highest BCUT2D eigenvalue weighted by Gasteiger charge is 2.65. The van der Waals surface area contributed by atoms with Crippen LogP contribution >= 0.6 is 0 Å². The Morgan fingerprint density at radius 2 is 1.78 bits per heavy atom. The van der Waals surface area contributed by atoms with Crippen LogP contribution in [0.1, 0.15) is 44.9 Å². The Morgan fingerprint density at radius 1 is 1.08 bits per heavy atom. The summed E-state index contributed by atoms with van der Waals surface area (Å²) in [6.45, 7) is 2.52. The molecule has 0 spiro atoms. The van der Waals surface area contributed by atoms with Crippen LogP contribution in [0, 0.1) is 35.5 Å². The molecular formula is C26H40N2O9. The van der Waals surface area contributed by atoms with Gasteiger partial charge in [-0.15, -0.1) is 0 Å². The van der Waals surface area contributed by atoms with E-state index < -0.39 is 65.1 Å². The molecule has 0 radical (unpaired) electrons. The number of fused-ring (bicyclic) bond motifs is 3. The third-order valence-electron chi connectivity index (χ3n) is 9.97. The van der Waals surface area contributed by atoms with Crippen molar-refractivity contribution < 1.29 is 45.0 Å². The summed E-state index contributed by atoms with van der Waals surface area (Å²) in [6.07, 6.45) is -1.93. The molecule has 11 atom stereocenters. The number of morpholine rings is 1. The molecular weight excluding hydrogens is 484 g/mol. The first-order chi connectivity index (χ1) is 17.6. The maximum absolute atomic E-state index is 13.8. The van der Waals surface area contributed by atoms with E-state index in [9.17, 15) is 40.2 Å². The Kier molecular flexibility index (Phi) is 7.53. The van der Waals surface area contributed by atoms with Gasteiger partial charge in [0.25, 0.3) is 0 Å². The highest BCUT2D eigenvalue weighted by atomic mass is 16.5. The minimum Gasteiger partial charge on any atom is -0.512 e. The Hall–Kier alpha value is -1.44. The lowest BCUT2D eigenvalue weighted by Crippen LogP contribution is -2.69. The predicted octanol–water partition coefficient (Wildman–Crippen LogP) is -1.20. The summed E-state index contributed by atoms with van der Waals surface area (Å²) in [7, 11) is 0. The molecule has 11 heteroatoms. The second kappa shape index (κ2) is 10.3. The van der Waals surface area contributed by atoms with Crippen molar-refractivity contribution in [2.24, 2.45) is 41.2 Å². The summed E-state index contributed by atoms with van der Waals surface area (Å²) in [4.78, 5) is 28.9. The molecule has 4 fully saturated rings. The second-order valence-electron chi connectivity index (χ2n) is 11.8. The first-order valence-corrected chi connectivity index (χ1v) is 13.6. The monoisotopic (exact) mass is 524 g/mol. The number of rotatable bonds is 5. The molecule has 0 amide bonds. The van der Waals surface area contributed by atoms with Gasteiger partial charge in [0.05, 0.1) is 30.8 Å². The maximum atomic E-state index is 13.8. The third kappa shape index (κ3) is 4.47. The molecule has 208 valence electrons. The topological polar surface area (TPSA) is 194 Å². The van der Waals surface area contributed by atoms with Crippen LogP contribution in [0.4, 0.5) is 0 Å². The van der Waals surface area contributed by atoms with Gasteiger partial charge in [0.1, 0.15) is 30.1 Å². The van der Waals surface area contributed by atoms with Crippen LogP contribution in [0.2, 0.25) is 0 Å². The van der Waals surface area contributed by atoms with Gasteiger partial charge in [-0.1, -0.05) is 0 Å². The molecule has 37 heavy (non-hydrogen) atoms. The fraction of sp³-hybridized carbons (Fsp3) is 0.846. The fourth-order valence-electron chi connectivity index (χ4n) is 8.10. The number of Topliss-reactive ketones (excluding diaryl/α,β-unsaturated/α-hetero) is 2. The Labute approximate surface area is 215 Å². The first kappa shape index (κ1) is 27.1. The molecule has 11 nitrogen and oxygen atoms in total. The Morgan fingerprint density at radius 3 is 2.46 bits per heavy atom. The molecule has 0 aromatic carbocycles. The normalized spacial score (nSPS) is 44.6. The maximum Gasteiger partial charge on any atom is 0.200 e. The summed E-state index contributed by atoms with van der Waals surface area (Å²) in [5.74, 6) is -4.68. The first-order valence-electron chi connectivity index (χ1n) is 13.6. The standard InChI is InChI=1S/C26H40N2O9/c27-25(35)21-17(30)11-14-9-13-10-15-12(2-4-18(31)28-5-7-37-8-6-28)1-3-16(29)20(15)22(32)19(13)23(33)26(14,36)24(21)34/h12-16,18-20,23,25,29-31,33,35-36H,1-11,27H2/t12?,13-,14+,15?,16?,18?,19?,20?,23?,25?,26+/m1/s1. The summed E-state index contributed by atoms with van der Waals surface area (Å²) < 4.78 is 5.36. The summed E-state index contributed by atoms with van der Waals surface area (Å²) in [5.41, 5.74) is 2.57. The zero-order chi connectivity index (χ0) is 26.6. The van der Waals surface area contributed by atoms with E-state index in [4.69, 9.17) is 10.5 Å². The van der Waals surface area contributed by atoms with Gasteiger partial charge in [0, 0.05) is 31.3 Å². The van der Waals surface area contributed by atoms with E-state index in [2.05, 4.69) is 0 Å². The quantitative estimate of drug-likeness (QED) is 0.214. The van der Waals surface area contributed by atoms with Gasteiger partial charge < -0.3 is 41.1 Å². The number of ketones is 2. The SMILES string of the molecule is NC(O)C1=C(O)C[C@@H]2C[C@@H]3CC4C(CCC(O)N5CCOCC5)CCC(O)C4C(=O)C3C(O)[C@]2(O)C1=O. The van der Waals surface area contributed by atoms with Crippen molar-refractivity contribution in [2.45, 2.75) is 75.2 Å². The molecule has 8 N–H and O–H groups in total. The van der Waals surface area contributed by atoms with Crippen molar-refractivity contribution in [1.29, 1.82) is 0 Å². The van der Waals surface area contributed by atoms with E-state index in [1.54, 1.807) is 0 Å². The summed E-state index contributed by atoms with van der Waals surface area (Å²) >= 11 is 0. The number of ether oxygens (including phenoxy) is 1. The molecule has 1 heterocycles. The summed E-state index contributed by atoms with van der Waals surface area (Å²) in [5, 5.41) is 64.5. The number of aliphatic hydroxyl groups excluding tert-OH is 5. The van der Waals surface area contributed by atoms with Crippen LogP contribution in [0.3, 0.4) is 0 Å². The average Bonchev–Trinajstić information content (AvgIpc) is 2.86. The van der Waals surface area contributed by atoms with Crippen LogP contribution < -0.4 is 5.73 Å². The number of aliphatic hydroxyl groups is 6. The lowest BCUT2D eigenvalue weighted by molar-refractivity contribution is -0.202. The predicted molar refractivity (Wildman–Crippen MR) is 128 cm³/mol. The Bertz CT molecular complexity index is 935. The molecule has 5 aliphatic rings. The van der Waals surface area contributed by atoms with E-state index in [-0.39, 0.29) is 36.4 Å². The summed E-state index contributed by atoms with van der Waals surface area (Å²) in [6, 6.07) is 0. The minimum atomic E-state index is -2.34. The van der Waals surface area contributed by atoms with Gasteiger partial charge in [-0.25, -0.2) is 0 Å². The van der Waals surface area contributed by atoms with E-state index in [1.807, 2.05) is 4.90 Å². The number of nitrogens with two attached hydrogens (primary N) is 1. The van der Waals surface area contributed by atoms with Crippen molar-refractivity contribution in [3.8, 4) is 0 Å². The molecule has 0 aromatic heterocycles. The van der Waals surface area contributed by atoms with Crippen LogP contribution in [0.15, 0.2) is 11.3 Å². The van der Waals surface area contributed by atoms with Gasteiger partial charge in [-0.2, -0.15) is 0 Å². The second-order valence-corrected chi connectivity index (χ2v) is 11.8. The highest BCUT2D eigenvalue weighted by Crippen LogP contribution is 2.56. The molecule has 0 bridgehead atoms. The lowest BCUT2D eigenvalue weighted by Gasteiger charge is -2.56. The lowest BCUT2D eigenvalue weighted by atomic mass is 9.49. The number of hydrogen-bond donors (Lipinski definition) is 7. The average molecular weight is 525 g/mol. The molecule has 1 aliphatic heterocycles. The number of carbonyl (C=O) groups is 2. The number of hydrogen-bond acceptors (Lipinski definition) is 11. The van der Waals surface area contributed by atoms with Gasteiger partial charge in [0.15, 0.2) is 5.60 Å². The van der Waals surface area contributed by atoms with Crippen LogP contribution in [-0.4, -0.2) is 104 Å². The molecule has 5 rings (SSSR count). The fourth-order valence-corrected chi connectivity index (χ4v) is 8.10. The van der Waals surface area contributed by atoms with Crippen molar-refractivity contribution in [3.05, 3.63) is 11.3 Å². The van der Waals surface area contributed by atoms with Crippen molar-refractivity contribution in [3.63, 3.8) is 0 Å². The van der Waals surface area contributed by atoms with Crippen LogP contribution in [0.25, 0.3) is 0 Å².